The maximum atomic E-state index is 11.7. The Morgan fingerprint density at radius 1 is 1.32 bits per heavy atom. The standard InChI is InChI=1S/C13H19N3O3/c1-4-14-12(17)9(2)15-13(18)16-10-7-5-6-8-11(10)19-3/h5-9H,4H2,1-3H3,(H,14,17)(H2,15,16,18). The predicted octanol–water partition coefficient (Wildman–Crippen LogP) is 1.34. The van der Waals surface area contributed by atoms with Crippen molar-refractivity contribution >= 4 is 17.6 Å². The minimum Gasteiger partial charge on any atom is -0.495 e. The van der Waals surface area contributed by atoms with Crippen LogP contribution in [0.15, 0.2) is 24.3 Å². The van der Waals surface area contributed by atoms with Gasteiger partial charge in [0.05, 0.1) is 12.8 Å². The summed E-state index contributed by atoms with van der Waals surface area (Å²) in [6.07, 6.45) is 0. The topological polar surface area (TPSA) is 79.5 Å². The van der Waals surface area contributed by atoms with Crippen molar-refractivity contribution in [2.24, 2.45) is 0 Å². The third-order valence-corrected chi connectivity index (χ3v) is 2.45. The van der Waals surface area contributed by atoms with Crippen LogP contribution in [0, 0.1) is 0 Å². The Kier molecular flexibility index (Phi) is 5.66. The molecule has 0 aliphatic heterocycles. The maximum absolute atomic E-state index is 11.7. The van der Waals surface area contributed by atoms with E-state index in [1.54, 1.807) is 31.2 Å². The van der Waals surface area contributed by atoms with Crippen LogP contribution in [0.25, 0.3) is 0 Å². The molecule has 1 rings (SSSR count). The van der Waals surface area contributed by atoms with Gasteiger partial charge >= 0.3 is 6.03 Å². The fourth-order valence-electron chi connectivity index (χ4n) is 1.50. The van der Waals surface area contributed by atoms with E-state index in [-0.39, 0.29) is 5.91 Å². The normalized spacial score (nSPS) is 11.3. The lowest BCUT2D eigenvalue weighted by Crippen LogP contribution is -2.46. The maximum Gasteiger partial charge on any atom is 0.319 e. The van der Waals surface area contributed by atoms with Gasteiger partial charge < -0.3 is 20.7 Å². The molecule has 6 nitrogen and oxygen atoms in total. The van der Waals surface area contributed by atoms with Crippen LogP contribution in [0.5, 0.6) is 5.75 Å². The Morgan fingerprint density at radius 2 is 2.00 bits per heavy atom. The third kappa shape index (κ3) is 4.50. The Morgan fingerprint density at radius 3 is 2.63 bits per heavy atom. The van der Waals surface area contributed by atoms with Gasteiger partial charge in [-0.1, -0.05) is 12.1 Å². The molecule has 0 heterocycles. The van der Waals surface area contributed by atoms with E-state index < -0.39 is 12.1 Å². The molecule has 3 N–H and O–H groups in total. The molecule has 0 spiro atoms. The number of benzene rings is 1. The van der Waals surface area contributed by atoms with Gasteiger partial charge in [0.25, 0.3) is 0 Å². The summed E-state index contributed by atoms with van der Waals surface area (Å²) >= 11 is 0. The minimum atomic E-state index is -0.602. The van der Waals surface area contributed by atoms with Crippen molar-refractivity contribution in [3.63, 3.8) is 0 Å². The first-order chi connectivity index (χ1) is 9.08. The molecule has 0 aliphatic rings. The zero-order chi connectivity index (χ0) is 14.3. The van der Waals surface area contributed by atoms with Gasteiger partial charge in [-0.2, -0.15) is 0 Å². The number of ether oxygens (including phenoxy) is 1. The van der Waals surface area contributed by atoms with Crippen molar-refractivity contribution in [1.29, 1.82) is 0 Å². The molecule has 0 radical (unpaired) electrons. The summed E-state index contributed by atoms with van der Waals surface area (Å²) in [7, 11) is 1.52. The van der Waals surface area contributed by atoms with Crippen LogP contribution in [0.2, 0.25) is 0 Å². The molecule has 0 saturated carbocycles. The summed E-state index contributed by atoms with van der Waals surface area (Å²) in [4.78, 5) is 23.2. The average molecular weight is 265 g/mol. The molecule has 3 amide bonds. The molecule has 1 atom stereocenters. The number of nitrogens with one attached hydrogen (secondary N) is 3. The summed E-state index contributed by atoms with van der Waals surface area (Å²) in [5.74, 6) is 0.334. The summed E-state index contributed by atoms with van der Waals surface area (Å²) in [6.45, 7) is 3.96. The SMILES string of the molecule is CCNC(=O)C(C)NC(=O)Nc1ccccc1OC. The molecular formula is C13H19N3O3. The number of amides is 3. The highest BCUT2D eigenvalue weighted by molar-refractivity contribution is 5.94. The van der Waals surface area contributed by atoms with E-state index in [4.69, 9.17) is 4.74 Å². The van der Waals surface area contributed by atoms with Crippen LogP contribution < -0.4 is 20.7 Å². The van der Waals surface area contributed by atoms with Gasteiger partial charge in [0.15, 0.2) is 0 Å². The molecule has 104 valence electrons. The highest BCUT2D eigenvalue weighted by Gasteiger charge is 2.15. The first-order valence-electron chi connectivity index (χ1n) is 6.06. The van der Waals surface area contributed by atoms with E-state index in [2.05, 4.69) is 16.0 Å². The van der Waals surface area contributed by atoms with Crippen LogP contribution in [-0.2, 0) is 4.79 Å². The van der Waals surface area contributed by atoms with Crippen LogP contribution in [0.4, 0.5) is 10.5 Å². The molecule has 0 fully saturated rings. The first kappa shape index (κ1) is 14.8. The number of carbonyl (C=O) groups is 2. The van der Waals surface area contributed by atoms with Crippen LogP contribution in [0.1, 0.15) is 13.8 Å². The number of hydrogen-bond acceptors (Lipinski definition) is 3. The molecule has 6 heteroatoms. The summed E-state index contributed by atoms with van der Waals surface area (Å²) in [5.41, 5.74) is 0.547. The number of likely N-dealkylation sites (N-methyl/N-ethyl adjacent to an activating group) is 1. The van der Waals surface area contributed by atoms with Crippen LogP contribution in [-0.4, -0.2) is 31.6 Å². The highest BCUT2D eigenvalue weighted by Crippen LogP contribution is 2.22. The first-order valence-corrected chi connectivity index (χ1v) is 6.06. The summed E-state index contributed by atoms with van der Waals surface area (Å²) in [6, 6.07) is 5.99. The number of para-hydroxylation sites is 2. The van der Waals surface area contributed by atoms with Crippen molar-refractivity contribution < 1.29 is 14.3 Å². The van der Waals surface area contributed by atoms with Gasteiger partial charge in [0.2, 0.25) is 5.91 Å². The molecule has 1 unspecified atom stereocenters. The second kappa shape index (κ2) is 7.25. The van der Waals surface area contributed by atoms with E-state index in [9.17, 15) is 9.59 Å². The number of hydrogen-bond donors (Lipinski definition) is 3. The Bertz CT molecular complexity index is 449. The Hall–Kier alpha value is -2.24. The average Bonchev–Trinajstić information content (AvgIpc) is 2.39. The molecular weight excluding hydrogens is 246 g/mol. The van der Waals surface area contributed by atoms with E-state index >= 15 is 0 Å². The van der Waals surface area contributed by atoms with Gasteiger partial charge in [-0.3, -0.25) is 4.79 Å². The number of anilines is 1. The smallest absolute Gasteiger partial charge is 0.319 e. The molecule has 1 aromatic carbocycles. The fourth-order valence-corrected chi connectivity index (χ4v) is 1.50. The predicted molar refractivity (Wildman–Crippen MR) is 73.3 cm³/mol. The molecule has 0 saturated heterocycles. The van der Waals surface area contributed by atoms with Gasteiger partial charge in [-0.25, -0.2) is 4.79 Å². The number of methoxy groups -OCH3 is 1. The van der Waals surface area contributed by atoms with Crippen molar-refractivity contribution in [3.8, 4) is 5.75 Å². The second-order valence-electron chi connectivity index (χ2n) is 3.92. The Labute approximate surface area is 112 Å². The van der Waals surface area contributed by atoms with Gasteiger partial charge in [0.1, 0.15) is 11.8 Å². The van der Waals surface area contributed by atoms with E-state index in [1.807, 2.05) is 6.92 Å². The van der Waals surface area contributed by atoms with Crippen molar-refractivity contribution in [2.45, 2.75) is 19.9 Å². The van der Waals surface area contributed by atoms with Crippen LogP contribution >= 0.6 is 0 Å². The summed E-state index contributed by atoms with van der Waals surface area (Å²) < 4.78 is 5.12. The molecule has 0 aromatic heterocycles. The molecule has 19 heavy (non-hydrogen) atoms. The summed E-state index contributed by atoms with van der Waals surface area (Å²) in [5, 5.41) is 7.81. The van der Waals surface area contributed by atoms with Gasteiger partial charge in [0, 0.05) is 6.54 Å². The van der Waals surface area contributed by atoms with E-state index in [0.29, 0.717) is 18.0 Å². The zero-order valence-corrected chi connectivity index (χ0v) is 11.3. The molecule has 0 aliphatic carbocycles. The van der Waals surface area contributed by atoms with Crippen molar-refractivity contribution in [2.75, 3.05) is 19.0 Å². The lowest BCUT2D eigenvalue weighted by atomic mass is 10.3. The fraction of sp³-hybridized carbons (Fsp3) is 0.385. The molecule has 1 aromatic rings. The molecule has 0 bridgehead atoms. The zero-order valence-electron chi connectivity index (χ0n) is 11.3. The number of urea groups is 1. The highest BCUT2D eigenvalue weighted by atomic mass is 16.5. The largest absolute Gasteiger partial charge is 0.495 e. The third-order valence-electron chi connectivity index (χ3n) is 2.45. The van der Waals surface area contributed by atoms with Gasteiger partial charge in [-0.15, -0.1) is 0 Å². The van der Waals surface area contributed by atoms with Gasteiger partial charge in [-0.05, 0) is 26.0 Å². The quantitative estimate of drug-likeness (QED) is 0.751. The second-order valence-corrected chi connectivity index (χ2v) is 3.92. The van der Waals surface area contributed by atoms with Crippen LogP contribution in [0.3, 0.4) is 0 Å². The number of rotatable bonds is 5. The lowest BCUT2D eigenvalue weighted by Gasteiger charge is -2.15. The monoisotopic (exact) mass is 265 g/mol. The number of carbonyl (C=O) groups excluding carboxylic acids is 2. The van der Waals surface area contributed by atoms with E-state index in [1.165, 1.54) is 7.11 Å². The Balaban J connectivity index is 2.58. The van der Waals surface area contributed by atoms with E-state index in [0.717, 1.165) is 0 Å². The van der Waals surface area contributed by atoms with Crippen molar-refractivity contribution in [1.82, 2.24) is 10.6 Å². The van der Waals surface area contributed by atoms with Crippen molar-refractivity contribution in [3.05, 3.63) is 24.3 Å². The lowest BCUT2D eigenvalue weighted by molar-refractivity contribution is -0.122. The minimum absolute atomic E-state index is 0.224.